The summed E-state index contributed by atoms with van der Waals surface area (Å²) < 4.78 is 0. The Labute approximate surface area is 158 Å². The molecule has 2 amide bonds. The first-order chi connectivity index (χ1) is 13.0. The SMILES string of the molecule is CN(C(=O)c1cnc(N)nc1-c1ccccc1)[C@H]1C[C@H]2CC(=O)NC[C@H]2C1. The molecule has 140 valence electrons. The van der Waals surface area contributed by atoms with Crippen LogP contribution in [0.1, 0.15) is 29.6 Å². The molecule has 0 radical (unpaired) electrons. The normalized spacial score (nSPS) is 24.2. The lowest BCUT2D eigenvalue weighted by Gasteiger charge is -2.25. The molecule has 2 aromatic rings. The van der Waals surface area contributed by atoms with Gasteiger partial charge in [-0.25, -0.2) is 9.97 Å². The van der Waals surface area contributed by atoms with Crippen LogP contribution in [0, 0.1) is 11.8 Å². The average molecular weight is 365 g/mol. The van der Waals surface area contributed by atoms with Gasteiger partial charge in [0.2, 0.25) is 11.9 Å². The molecule has 0 bridgehead atoms. The van der Waals surface area contributed by atoms with E-state index in [-0.39, 0.29) is 23.8 Å². The summed E-state index contributed by atoms with van der Waals surface area (Å²) >= 11 is 0. The van der Waals surface area contributed by atoms with Crippen molar-refractivity contribution in [1.82, 2.24) is 20.2 Å². The van der Waals surface area contributed by atoms with Gasteiger partial charge >= 0.3 is 0 Å². The number of hydrogen-bond donors (Lipinski definition) is 2. The number of carbonyl (C=O) groups excluding carboxylic acids is 2. The van der Waals surface area contributed by atoms with E-state index in [4.69, 9.17) is 5.73 Å². The molecule has 27 heavy (non-hydrogen) atoms. The number of benzene rings is 1. The maximum absolute atomic E-state index is 13.2. The van der Waals surface area contributed by atoms with E-state index in [0.717, 1.165) is 18.4 Å². The van der Waals surface area contributed by atoms with E-state index >= 15 is 0 Å². The Morgan fingerprint density at radius 2 is 1.96 bits per heavy atom. The van der Waals surface area contributed by atoms with Crippen LogP contribution in [0.2, 0.25) is 0 Å². The van der Waals surface area contributed by atoms with Crippen LogP contribution in [0.15, 0.2) is 36.5 Å². The van der Waals surface area contributed by atoms with Crippen molar-refractivity contribution in [2.75, 3.05) is 19.3 Å². The molecule has 0 unspecified atom stereocenters. The fourth-order valence-electron chi connectivity index (χ4n) is 4.28. The zero-order chi connectivity index (χ0) is 19.0. The summed E-state index contributed by atoms with van der Waals surface area (Å²) in [5, 5.41) is 2.93. The summed E-state index contributed by atoms with van der Waals surface area (Å²) in [4.78, 5) is 35.0. The molecule has 4 rings (SSSR count). The Hall–Kier alpha value is -2.96. The lowest BCUT2D eigenvalue weighted by Crippen LogP contribution is -2.38. The minimum absolute atomic E-state index is 0.112. The summed E-state index contributed by atoms with van der Waals surface area (Å²) in [7, 11) is 1.82. The molecule has 0 spiro atoms. The fourth-order valence-corrected chi connectivity index (χ4v) is 4.28. The summed E-state index contributed by atoms with van der Waals surface area (Å²) in [5.74, 6) is 0.944. The molecule has 3 atom stereocenters. The molecule has 1 saturated heterocycles. The number of nitrogens with zero attached hydrogens (tertiary/aromatic N) is 3. The highest BCUT2D eigenvalue weighted by molar-refractivity contribution is 5.99. The number of nitrogen functional groups attached to an aromatic ring is 1. The summed E-state index contributed by atoms with van der Waals surface area (Å²) in [6, 6.07) is 9.63. The average Bonchev–Trinajstić information content (AvgIpc) is 3.10. The highest BCUT2D eigenvalue weighted by Gasteiger charge is 2.41. The van der Waals surface area contributed by atoms with E-state index in [1.165, 1.54) is 6.20 Å². The Kier molecular flexibility index (Phi) is 4.51. The van der Waals surface area contributed by atoms with Gasteiger partial charge in [0, 0.05) is 37.8 Å². The van der Waals surface area contributed by atoms with Crippen molar-refractivity contribution in [2.24, 2.45) is 11.8 Å². The van der Waals surface area contributed by atoms with E-state index in [9.17, 15) is 9.59 Å². The second-order valence-electron chi connectivity index (χ2n) is 7.43. The van der Waals surface area contributed by atoms with Gasteiger partial charge in [-0.05, 0) is 24.7 Å². The summed E-state index contributed by atoms with van der Waals surface area (Å²) in [6.07, 6.45) is 3.83. The van der Waals surface area contributed by atoms with Crippen LogP contribution < -0.4 is 11.1 Å². The number of fused-ring (bicyclic) bond motifs is 1. The van der Waals surface area contributed by atoms with Crippen molar-refractivity contribution in [1.29, 1.82) is 0 Å². The van der Waals surface area contributed by atoms with Crippen LogP contribution in [0.5, 0.6) is 0 Å². The number of piperidine rings is 1. The van der Waals surface area contributed by atoms with Crippen molar-refractivity contribution in [3.05, 3.63) is 42.1 Å². The van der Waals surface area contributed by atoms with E-state index in [2.05, 4.69) is 15.3 Å². The number of hydrogen-bond acceptors (Lipinski definition) is 5. The van der Waals surface area contributed by atoms with E-state index in [0.29, 0.717) is 36.1 Å². The van der Waals surface area contributed by atoms with Crippen molar-refractivity contribution in [2.45, 2.75) is 25.3 Å². The lowest BCUT2D eigenvalue weighted by atomic mass is 9.89. The van der Waals surface area contributed by atoms with Gasteiger partial charge in [0.05, 0.1) is 11.3 Å². The van der Waals surface area contributed by atoms with Crippen LogP contribution in [0.4, 0.5) is 5.95 Å². The molecule has 2 fully saturated rings. The van der Waals surface area contributed by atoms with Crippen LogP contribution in [0.25, 0.3) is 11.3 Å². The summed E-state index contributed by atoms with van der Waals surface area (Å²) in [5.41, 5.74) is 7.60. The number of nitrogens with two attached hydrogens (primary N) is 1. The van der Waals surface area contributed by atoms with Gasteiger partial charge in [-0.3, -0.25) is 9.59 Å². The van der Waals surface area contributed by atoms with Crippen molar-refractivity contribution in [3.63, 3.8) is 0 Å². The molecule has 7 nitrogen and oxygen atoms in total. The van der Waals surface area contributed by atoms with Crippen LogP contribution >= 0.6 is 0 Å². The van der Waals surface area contributed by atoms with Crippen molar-refractivity contribution >= 4 is 17.8 Å². The molecule has 1 aromatic carbocycles. The lowest BCUT2D eigenvalue weighted by molar-refractivity contribution is -0.124. The number of nitrogens with one attached hydrogen (secondary N) is 1. The predicted molar refractivity (Wildman–Crippen MR) is 102 cm³/mol. The predicted octanol–water partition coefficient (Wildman–Crippen LogP) is 1.71. The second-order valence-corrected chi connectivity index (χ2v) is 7.43. The minimum Gasteiger partial charge on any atom is -0.368 e. The van der Waals surface area contributed by atoms with Crippen molar-refractivity contribution in [3.8, 4) is 11.3 Å². The number of rotatable bonds is 3. The molecule has 1 aliphatic heterocycles. The molecule has 7 heteroatoms. The minimum atomic E-state index is -0.114. The van der Waals surface area contributed by atoms with Gasteiger partial charge in [-0.1, -0.05) is 30.3 Å². The quantitative estimate of drug-likeness (QED) is 0.862. The molecule has 2 heterocycles. The first kappa shape index (κ1) is 17.5. The van der Waals surface area contributed by atoms with E-state index in [1.54, 1.807) is 4.90 Å². The third-order valence-electron chi connectivity index (χ3n) is 5.78. The summed E-state index contributed by atoms with van der Waals surface area (Å²) in [6.45, 7) is 0.711. The zero-order valence-corrected chi connectivity index (χ0v) is 15.3. The highest BCUT2D eigenvalue weighted by atomic mass is 16.2. The monoisotopic (exact) mass is 365 g/mol. The van der Waals surface area contributed by atoms with E-state index in [1.807, 2.05) is 37.4 Å². The first-order valence-corrected chi connectivity index (χ1v) is 9.24. The zero-order valence-electron chi connectivity index (χ0n) is 15.3. The molecule has 1 saturated carbocycles. The largest absolute Gasteiger partial charge is 0.368 e. The van der Waals surface area contributed by atoms with Crippen LogP contribution in [0.3, 0.4) is 0 Å². The van der Waals surface area contributed by atoms with Crippen LogP contribution in [-0.4, -0.2) is 46.3 Å². The van der Waals surface area contributed by atoms with Gasteiger partial charge in [0.1, 0.15) is 0 Å². The molecule has 1 aromatic heterocycles. The van der Waals surface area contributed by atoms with E-state index < -0.39 is 0 Å². The third-order valence-corrected chi connectivity index (χ3v) is 5.78. The van der Waals surface area contributed by atoms with Crippen LogP contribution in [-0.2, 0) is 4.79 Å². The Morgan fingerprint density at radius 3 is 2.74 bits per heavy atom. The Bertz CT molecular complexity index is 870. The number of amides is 2. The fraction of sp³-hybridized carbons (Fsp3) is 0.400. The van der Waals surface area contributed by atoms with Gasteiger partial charge in [-0.15, -0.1) is 0 Å². The second kappa shape index (κ2) is 6.98. The van der Waals surface area contributed by atoms with Gasteiger partial charge in [0.25, 0.3) is 5.91 Å². The molecular weight excluding hydrogens is 342 g/mol. The molecule has 2 aliphatic rings. The topological polar surface area (TPSA) is 101 Å². The van der Waals surface area contributed by atoms with Gasteiger partial charge in [-0.2, -0.15) is 0 Å². The smallest absolute Gasteiger partial charge is 0.257 e. The first-order valence-electron chi connectivity index (χ1n) is 9.24. The molecule has 3 N–H and O–H groups in total. The maximum atomic E-state index is 13.2. The highest BCUT2D eigenvalue weighted by Crippen LogP contribution is 2.38. The third kappa shape index (κ3) is 3.37. The number of aromatic nitrogens is 2. The van der Waals surface area contributed by atoms with Gasteiger partial charge < -0.3 is 16.0 Å². The Balaban J connectivity index is 1.59. The van der Waals surface area contributed by atoms with Crippen molar-refractivity contribution < 1.29 is 9.59 Å². The molecule has 1 aliphatic carbocycles. The number of carbonyl (C=O) groups is 2. The Morgan fingerprint density at radius 1 is 1.22 bits per heavy atom. The molecular formula is C20H23N5O2. The van der Waals surface area contributed by atoms with Gasteiger partial charge in [0.15, 0.2) is 0 Å². The standard InChI is InChI=1S/C20H23N5O2/c1-25(15-7-13-9-17(26)22-10-14(13)8-15)19(27)16-11-23-20(21)24-18(16)12-5-3-2-4-6-12/h2-6,11,13-15H,7-10H2,1H3,(H,22,26)(H2,21,23,24)/t13-,14+,15-/m0/s1. The number of anilines is 1. The maximum Gasteiger partial charge on any atom is 0.257 e.